The molecule has 0 unspecified atom stereocenters. The van der Waals surface area contributed by atoms with Gasteiger partial charge in [-0.3, -0.25) is 9.59 Å². The van der Waals surface area contributed by atoms with Gasteiger partial charge in [-0.2, -0.15) is 0 Å². The minimum Gasteiger partial charge on any atom is -0.364 e. The van der Waals surface area contributed by atoms with Crippen LogP contribution in [0.1, 0.15) is 26.4 Å². The van der Waals surface area contributed by atoms with Gasteiger partial charge in [-0.05, 0) is 29.8 Å². The van der Waals surface area contributed by atoms with Crippen molar-refractivity contribution in [2.75, 3.05) is 5.32 Å². The topological polar surface area (TPSA) is 90.0 Å². The molecule has 26 heavy (non-hydrogen) atoms. The van der Waals surface area contributed by atoms with Crippen molar-refractivity contribution in [1.82, 2.24) is 9.55 Å². The number of halogens is 2. The fraction of sp³-hybridized carbons (Fsp3) is 0.0556. The minimum absolute atomic E-state index is 0.00895. The first-order chi connectivity index (χ1) is 12.5. The second-order valence-electron chi connectivity index (χ2n) is 5.50. The molecule has 0 aliphatic carbocycles. The average molecular weight is 373 g/mol. The Labute approximate surface area is 153 Å². The minimum atomic E-state index is -0.770. The molecule has 0 saturated heterocycles. The summed E-state index contributed by atoms with van der Waals surface area (Å²) in [6.45, 7) is 0.279. The maximum Gasteiger partial charge on any atom is 0.269 e. The number of benzene rings is 2. The Hall–Kier alpha value is -3.19. The summed E-state index contributed by atoms with van der Waals surface area (Å²) in [7, 11) is 0. The summed E-state index contributed by atoms with van der Waals surface area (Å²) < 4.78 is 15.2. The first kappa shape index (κ1) is 17.6. The Morgan fingerprint density at radius 2 is 1.96 bits per heavy atom. The molecule has 132 valence electrons. The van der Waals surface area contributed by atoms with Crippen LogP contribution in [0, 0.1) is 5.82 Å². The molecule has 0 radical (unpaired) electrons. The summed E-state index contributed by atoms with van der Waals surface area (Å²) in [5.74, 6) is -2.20. The second-order valence-corrected chi connectivity index (χ2v) is 5.93. The van der Waals surface area contributed by atoms with E-state index in [4.69, 9.17) is 17.3 Å². The Kier molecular flexibility index (Phi) is 4.99. The lowest BCUT2D eigenvalue weighted by Gasteiger charge is -2.09. The Morgan fingerprint density at radius 1 is 1.19 bits per heavy atom. The van der Waals surface area contributed by atoms with Crippen molar-refractivity contribution in [1.29, 1.82) is 0 Å². The number of carbonyl (C=O) groups excluding carboxylic acids is 2. The summed E-state index contributed by atoms with van der Waals surface area (Å²) in [6.07, 6.45) is 1.37. The number of nitrogens with one attached hydrogen (secondary N) is 1. The van der Waals surface area contributed by atoms with Crippen LogP contribution in [-0.4, -0.2) is 21.4 Å². The van der Waals surface area contributed by atoms with Gasteiger partial charge in [0.2, 0.25) is 0 Å². The van der Waals surface area contributed by atoms with Gasteiger partial charge in [0.1, 0.15) is 5.82 Å². The number of imidazole rings is 1. The lowest BCUT2D eigenvalue weighted by Crippen LogP contribution is -2.21. The van der Waals surface area contributed by atoms with E-state index in [9.17, 15) is 14.0 Å². The van der Waals surface area contributed by atoms with Crippen molar-refractivity contribution in [3.8, 4) is 0 Å². The highest BCUT2D eigenvalue weighted by molar-refractivity contribution is 6.30. The van der Waals surface area contributed by atoms with Crippen molar-refractivity contribution in [3.63, 3.8) is 0 Å². The zero-order chi connectivity index (χ0) is 18.7. The van der Waals surface area contributed by atoms with Crippen LogP contribution < -0.4 is 11.1 Å². The van der Waals surface area contributed by atoms with Crippen LogP contribution in [0.4, 0.5) is 10.2 Å². The SMILES string of the molecule is NC(=O)c1c(NC(=O)c2ccccc2F)ncn1Cc1cccc(Cl)c1. The molecule has 0 atom stereocenters. The van der Waals surface area contributed by atoms with E-state index in [-0.39, 0.29) is 23.6 Å². The van der Waals surface area contributed by atoms with Crippen molar-refractivity contribution >= 4 is 29.2 Å². The van der Waals surface area contributed by atoms with Crippen molar-refractivity contribution in [2.24, 2.45) is 5.73 Å². The third kappa shape index (κ3) is 3.73. The molecule has 0 bridgehead atoms. The molecule has 6 nitrogen and oxygen atoms in total. The van der Waals surface area contributed by atoms with Gasteiger partial charge in [-0.1, -0.05) is 35.9 Å². The van der Waals surface area contributed by atoms with Crippen LogP contribution in [0.25, 0.3) is 0 Å². The summed E-state index contributed by atoms with van der Waals surface area (Å²) in [5, 5.41) is 2.98. The van der Waals surface area contributed by atoms with Gasteiger partial charge >= 0.3 is 0 Å². The van der Waals surface area contributed by atoms with Gasteiger partial charge in [-0.15, -0.1) is 0 Å². The molecule has 3 rings (SSSR count). The Bertz CT molecular complexity index is 987. The maximum absolute atomic E-state index is 13.7. The number of nitrogens with two attached hydrogens (primary N) is 1. The Morgan fingerprint density at radius 3 is 2.65 bits per heavy atom. The predicted octanol–water partition coefficient (Wildman–Crippen LogP) is 3.08. The van der Waals surface area contributed by atoms with Gasteiger partial charge in [0, 0.05) is 11.6 Å². The van der Waals surface area contributed by atoms with Crippen LogP contribution >= 0.6 is 11.6 Å². The van der Waals surface area contributed by atoms with Gasteiger partial charge in [0.15, 0.2) is 11.5 Å². The molecule has 1 aromatic heterocycles. The highest BCUT2D eigenvalue weighted by Gasteiger charge is 2.20. The molecular formula is C18H14ClFN4O2. The van der Waals surface area contributed by atoms with Crippen LogP contribution in [0.3, 0.4) is 0 Å². The van der Waals surface area contributed by atoms with Crippen LogP contribution in [-0.2, 0) is 6.54 Å². The normalized spacial score (nSPS) is 10.5. The molecule has 0 aliphatic heterocycles. The third-order valence-corrected chi connectivity index (χ3v) is 3.90. The molecule has 0 saturated carbocycles. The summed E-state index contributed by atoms with van der Waals surface area (Å²) in [5.41, 5.74) is 6.11. The fourth-order valence-electron chi connectivity index (χ4n) is 2.50. The molecule has 2 amide bonds. The largest absolute Gasteiger partial charge is 0.364 e. The van der Waals surface area contributed by atoms with E-state index in [1.165, 1.54) is 35.2 Å². The summed E-state index contributed by atoms with van der Waals surface area (Å²) in [6, 6.07) is 12.6. The molecule has 0 aliphatic rings. The number of rotatable bonds is 5. The fourth-order valence-corrected chi connectivity index (χ4v) is 2.72. The van der Waals surface area contributed by atoms with E-state index >= 15 is 0 Å². The zero-order valence-corrected chi connectivity index (χ0v) is 14.2. The van der Waals surface area contributed by atoms with Gasteiger partial charge in [0.25, 0.3) is 11.8 Å². The first-order valence-electron chi connectivity index (χ1n) is 7.61. The third-order valence-electron chi connectivity index (χ3n) is 3.66. The summed E-state index contributed by atoms with van der Waals surface area (Å²) >= 11 is 5.96. The van der Waals surface area contributed by atoms with Gasteiger partial charge in [0.05, 0.1) is 11.9 Å². The van der Waals surface area contributed by atoms with Crippen molar-refractivity contribution < 1.29 is 14.0 Å². The number of carbonyl (C=O) groups is 2. The molecule has 0 spiro atoms. The number of hydrogen-bond acceptors (Lipinski definition) is 3. The van der Waals surface area contributed by atoms with E-state index < -0.39 is 17.6 Å². The predicted molar refractivity (Wildman–Crippen MR) is 95.7 cm³/mol. The number of nitrogens with zero attached hydrogens (tertiary/aromatic N) is 2. The number of anilines is 1. The average Bonchev–Trinajstić information content (AvgIpc) is 2.97. The van der Waals surface area contributed by atoms with E-state index in [0.29, 0.717) is 5.02 Å². The molecule has 3 N–H and O–H groups in total. The van der Waals surface area contributed by atoms with E-state index in [0.717, 1.165) is 5.56 Å². The van der Waals surface area contributed by atoms with Gasteiger partial charge in [-0.25, -0.2) is 9.37 Å². The van der Waals surface area contributed by atoms with Crippen LogP contribution in [0.5, 0.6) is 0 Å². The molecule has 3 aromatic rings. The Balaban J connectivity index is 1.89. The lowest BCUT2D eigenvalue weighted by molar-refractivity contribution is 0.0993. The summed E-state index contributed by atoms with van der Waals surface area (Å²) in [4.78, 5) is 28.1. The van der Waals surface area contributed by atoms with E-state index in [1.54, 1.807) is 18.2 Å². The first-order valence-corrected chi connectivity index (χ1v) is 7.98. The molecular weight excluding hydrogens is 359 g/mol. The van der Waals surface area contributed by atoms with Crippen molar-refractivity contribution in [3.05, 3.63) is 82.5 Å². The molecule has 1 heterocycles. The van der Waals surface area contributed by atoms with E-state index in [2.05, 4.69) is 10.3 Å². The molecule has 0 fully saturated rings. The quantitative estimate of drug-likeness (QED) is 0.721. The van der Waals surface area contributed by atoms with Crippen LogP contribution in [0.15, 0.2) is 54.9 Å². The maximum atomic E-state index is 13.7. The number of hydrogen-bond donors (Lipinski definition) is 2. The van der Waals surface area contributed by atoms with E-state index in [1.807, 2.05) is 6.07 Å². The highest BCUT2D eigenvalue weighted by Crippen LogP contribution is 2.18. The lowest BCUT2D eigenvalue weighted by atomic mass is 10.2. The zero-order valence-electron chi connectivity index (χ0n) is 13.4. The number of amides is 2. The highest BCUT2D eigenvalue weighted by atomic mass is 35.5. The second kappa shape index (κ2) is 7.37. The molecule has 2 aromatic carbocycles. The van der Waals surface area contributed by atoms with Crippen LogP contribution in [0.2, 0.25) is 5.02 Å². The van der Waals surface area contributed by atoms with Crippen molar-refractivity contribution in [2.45, 2.75) is 6.54 Å². The van der Waals surface area contributed by atoms with Gasteiger partial charge < -0.3 is 15.6 Å². The smallest absolute Gasteiger partial charge is 0.269 e. The standard InChI is InChI=1S/C18H14ClFN4O2/c19-12-5-3-4-11(8-12)9-24-10-22-17(15(24)16(21)25)23-18(26)13-6-1-2-7-14(13)20/h1-8,10H,9H2,(H2,21,25)(H,23,26). The molecule has 8 heteroatoms. The number of aromatic nitrogens is 2. The number of primary amides is 1. The monoisotopic (exact) mass is 372 g/mol.